The molecule has 3 heteroatoms. The van der Waals surface area contributed by atoms with Crippen LogP contribution >= 0.6 is 11.3 Å². The second-order valence-electron chi connectivity index (χ2n) is 4.80. The van der Waals surface area contributed by atoms with Crippen LogP contribution in [0.15, 0.2) is 23.1 Å². The molecule has 0 fully saturated rings. The zero-order valence-electron chi connectivity index (χ0n) is 10.5. The van der Waals surface area contributed by atoms with Crippen molar-refractivity contribution in [3.05, 3.63) is 33.5 Å². The van der Waals surface area contributed by atoms with E-state index < -0.39 is 0 Å². The van der Waals surface area contributed by atoms with Crippen LogP contribution in [0, 0.1) is 6.92 Å². The Morgan fingerprint density at radius 2 is 2.12 bits per heavy atom. The van der Waals surface area contributed by atoms with Gasteiger partial charge in [0.05, 0.1) is 6.04 Å². The Hall–Kier alpha value is -0.640. The van der Waals surface area contributed by atoms with Crippen LogP contribution in [-0.4, -0.2) is 0 Å². The van der Waals surface area contributed by atoms with E-state index in [0.717, 1.165) is 0 Å². The van der Waals surface area contributed by atoms with Gasteiger partial charge in [-0.3, -0.25) is 5.84 Å². The predicted octanol–water partition coefficient (Wildman–Crippen LogP) is 3.84. The van der Waals surface area contributed by atoms with Gasteiger partial charge in [0.1, 0.15) is 0 Å². The number of rotatable bonds is 3. The van der Waals surface area contributed by atoms with E-state index in [0.29, 0.717) is 0 Å². The Kier molecular flexibility index (Phi) is 4.77. The van der Waals surface area contributed by atoms with Crippen molar-refractivity contribution in [2.75, 3.05) is 0 Å². The summed E-state index contributed by atoms with van der Waals surface area (Å²) in [7, 11) is 0. The summed E-state index contributed by atoms with van der Waals surface area (Å²) < 4.78 is 0. The SMILES string of the molecule is Cc1ccsc1C(NN)/C1=C/CCCCCC1. The molecule has 2 nitrogen and oxygen atoms in total. The van der Waals surface area contributed by atoms with Crippen molar-refractivity contribution in [3.63, 3.8) is 0 Å². The minimum absolute atomic E-state index is 0.230. The van der Waals surface area contributed by atoms with E-state index in [9.17, 15) is 0 Å². The molecule has 2 rings (SSSR count). The molecule has 1 unspecified atom stereocenters. The molecule has 1 aliphatic carbocycles. The first-order valence-corrected chi connectivity index (χ1v) is 7.40. The van der Waals surface area contributed by atoms with Gasteiger partial charge in [-0.05, 0) is 49.6 Å². The zero-order chi connectivity index (χ0) is 12.1. The first-order valence-electron chi connectivity index (χ1n) is 6.52. The monoisotopic (exact) mass is 250 g/mol. The Bertz CT molecular complexity index is 381. The quantitative estimate of drug-likeness (QED) is 0.486. The normalized spacial score (nSPS) is 22.4. The number of nitrogens with one attached hydrogen (secondary N) is 1. The van der Waals surface area contributed by atoms with Gasteiger partial charge in [-0.2, -0.15) is 0 Å². The third-order valence-corrected chi connectivity index (χ3v) is 4.61. The highest BCUT2D eigenvalue weighted by Gasteiger charge is 2.18. The number of nitrogens with two attached hydrogens (primary N) is 1. The summed E-state index contributed by atoms with van der Waals surface area (Å²) in [5.41, 5.74) is 5.84. The van der Waals surface area contributed by atoms with Gasteiger partial charge >= 0.3 is 0 Å². The van der Waals surface area contributed by atoms with Gasteiger partial charge in [0.2, 0.25) is 0 Å². The van der Waals surface area contributed by atoms with Crippen molar-refractivity contribution < 1.29 is 0 Å². The number of thiophene rings is 1. The lowest BCUT2D eigenvalue weighted by Crippen LogP contribution is -2.29. The van der Waals surface area contributed by atoms with E-state index in [4.69, 9.17) is 5.84 Å². The summed E-state index contributed by atoms with van der Waals surface area (Å²) in [6, 6.07) is 2.40. The molecule has 94 valence electrons. The number of hydrazine groups is 1. The molecule has 1 atom stereocenters. The van der Waals surface area contributed by atoms with Crippen LogP contribution in [0.3, 0.4) is 0 Å². The average molecular weight is 250 g/mol. The average Bonchev–Trinajstić information content (AvgIpc) is 2.69. The predicted molar refractivity (Wildman–Crippen MR) is 74.9 cm³/mol. The lowest BCUT2D eigenvalue weighted by atomic mass is 9.93. The maximum absolute atomic E-state index is 5.77. The molecule has 17 heavy (non-hydrogen) atoms. The molecule has 1 aromatic rings. The fourth-order valence-corrected chi connectivity index (χ4v) is 3.54. The Labute approximate surface area is 108 Å². The van der Waals surface area contributed by atoms with Crippen molar-refractivity contribution in [2.45, 2.75) is 51.5 Å². The third-order valence-electron chi connectivity index (χ3n) is 3.53. The van der Waals surface area contributed by atoms with Crippen molar-refractivity contribution in [3.8, 4) is 0 Å². The molecule has 0 aromatic carbocycles. The van der Waals surface area contributed by atoms with E-state index in [-0.39, 0.29) is 6.04 Å². The molecule has 3 N–H and O–H groups in total. The third kappa shape index (κ3) is 3.18. The second kappa shape index (κ2) is 6.34. The molecular weight excluding hydrogens is 228 g/mol. The molecule has 1 aromatic heterocycles. The molecule has 0 bridgehead atoms. The van der Waals surface area contributed by atoms with Crippen molar-refractivity contribution >= 4 is 11.3 Å². The molecule has 0 saturated heterocycles. The first-order chi connectivity index (χ1) is 8.33. The highest BCUT2D eigenvalue weighted by Crippen LogP contribution is 2.32. The Balaban J connectivity index is 2.19. The van der Waals surface area contributed by atoms with E-state index in [1.54, 1.807) is 11.3 Å². The smallest absolute Gasteiger partial charge is 0.0765 e. The summed E-state index contributed by atoms with van der Waals surface area (Å²) in [4.78, 5) is 1.37. The number of hydrogen-bond acceptors (Lipinski definition) is 3. The largest absolute Gasteiger partial charge is 0.271 e. The van der Waals surface area contributed by atoms with Crippen molar-refractivity contribution in [1.82, 2.24) is 5.43 Å². The summed E-state index contributed by atoms with van der Waals surface area (Å²) in [6.45, 7) is 2.17. The van der Waals surface area contributed by atoms with Gasteiger partial charge in [-0.15, -0.1) is 11.3 Å². The van der Waals surface area contributed by atoms with Gasteiger partial charge in [0.15, 0.2) is 0 Å². The summed E-state index contributed by atoms with van der Waals surface area (Å²) >= 11 is 1.80. The zero-order valence-corrected chi connectivity index (χ0v) is 11.4. The molecule has 0 radical (unpaired) electrons. The van der Waals surface area contributed by atoms with Crippen LogP contribution in [-0.2, 0) is 0 Å². The molecule has 0 spiro atoms. The van der Waals surface area contributed by atoms with Crippen LogP contribution in [0.4, 0.5) is 0 Å². The van der Waals surface area contributed by atoms with Gasteiger partial charge in [-0.25, -0.2) is 5.43 Å². The highest BCUT2D eigenvalue weighted by atomic mass is 32.1. The van der Waals surface area contributed by atoms with Crippen LogP contribution in [0.5, 0.6) is 0 Å². The maximum Gasteiger partial charge on any atom is 0.0765 e. The molecule has 0 saturated carbocycles. The molecule has 1 heterocycles. The van der Waals surface area contributed by atoms with Crippen LogP contribution in [0.2, 0.25) is 0 Å². The Morgan fingerprint density at radius 1 is 1.29 bits per heavy atom. The van der Waals surface area contributed by atoms with E-state index in [1.165, 1.54) is 54.5 Å². The fourth-order valence-electron chi connectivity index (χ4n) is 2.51. The summed E-state index contributed by atoms with van der Waals surface area (Å²) in [5, 5.41) is 2.15. The Morgan fingerprint density at radius 3 is 2.82 bits per heavy atom. The fraction of sp³-hybridized carbons (Fsp3) is 0.571. The van der Waals surface area contributed by atoms with E-state index in [2.05, 4.69) is 29.9 Å². The molecule has 1 aliphatic rings. The summed E-state index contributed by atoms with van der Waals surface area (Å²) in [5.74, 6) is 5.77. The van der Waals surface area contributed by atoms with Crippen LogP contribution in [0.1, 0.15) is 55.0 Å². The van der Waals surface area contributed by atoms with Crippen LogP contribution < -0.4 is 11.3 Å². The van der Waals surface area contributed by atoms with Gasteiger partial charge in [0.25, 0.3) is 0 Å². The van der Waals surface area contributed by atoms with Gasteiger partial charge in [-0.1, -0.05) is 24.5 Å². The lowest BCUT2D eigenvalue weighted by Gasteiger charge is -2.21. The topological polar surface area (TPSA) is 38.0 Å². The van der Waals surface area contributed by atoms with E-state index >= 15 is 0 Å². The molecular formula is C14H22N2S. The minimum Gasteiger partial charge on any atom is -0.271 e. The van der Waals surface area contributed by atoms with Crippen LogP contribution in [0.25, 0.3) is 0 Å². The summed E-state index contributed by atoms with van der Waals surface area (Å²) in [6.07, 6.45) is 10.2. The van der Waals surface area contributed by atoms with Gasteiger partial charge < -0.3 is 0 Å². The first kappa shape index (κ1) is 12.8. The lowest BCUT2D eigenvalue weighted by molar-refractivity contribution is 0.559. The van der Waals surface area contributed by atoms with Crippen molar-refractivity contribution in [1.29, 1.82) is 0 Å². The van der Waals surface area contributed by atoms with Gasteiger partial charge in [0, 0.05) is 4.88 Å². The van der Waals surface area contributed by atoms with E-state index in [1.807, 2.05) is 0 Å². The standard InChI is InChI=1S/C14H22N2S/c1-11-9-10-17-14(11)13(16-15)12-7-5-3-2-4-6-8-12/h7,9-10,13,16H,2-6,8,15H2,1H3/b12-7+. The highest BCUT2D eigenvalue weighted by molar-refractivity contribution is 7.10. The molecule has 0 aliphatic heterocycles. The minimum atomic E-state index is 0.230. The number of aryl methyl sites for hydroxylation is 1. The number of allylic oxidation sites excluding steroid dienone is 1. The number of hydrogen-bond donors (Lipinski definition) is 2. The van der Waals surface area contributed by atoms with Crippen molar-refractivity contribution in [2.24, 2.45) is 5.84 Å². The maximum atomic E-state index is 5.77. The molecule has 0 amide bonds. The second-order valence-corrected chi connectivity index (χ2v) is 5.75.